The average molecular weight is 305 g/mol. The summed E-state index contributed by atoms with van der Waals surface area (Å²) >= 11 is 0. The quantitative estimate of drug-likeness (QED) is 0.923. The van der Waals surface area contributed by atoms with Crippen molar-refractivity contribution < 1.29 is 13.4 Å². The van der Waals surface area contributed by atoms with Gasteiger partial charge in [0.25, 0.3) is 5.91 Å². The van der Waals surface area contributed by atoms with Gasteiger partial charge in [0.15, 0.2) is 0 Å². The fourth-order valence-corrected chi connectivity index (χ4v) is 2.84. The monoisotopic (exact) mass is 305 g/mol. The van der Waals surface area contributed by atoms with E-state index in [4.69, 9.17) is 0 Å². The lowest BCUT2D eigenvalue weighted by Gasteiger charge is -2.07. The van der Waals surface area contributed by atoms with Gasteiger partial charge in [-0.15, -0.1) is 0 Å². The molecule has 2 aromatic carbocycles. The summed E-state index contributed by atoms with van der Waals surface area (Å²) in [6, 6.07) is 13.4. The number of benzene rings is 2. The van der Waals surface area contributed by atoms with Crippen molar-refractivity contribution in [3.8, 4) is 0 Å². The van der Waals surface area contributed by atoms with Crippen molar-refractivity contribution >= 4 is 16.7 Å². The van der Waals surface area contributed by atoms with Gasteiger partial charge in [0.05, 0.1) is 16.4 Å². The van der Waals surface area contributed by atoms with E-state index in [-0.39, 0.29) is 12.1 Å². The maximum Gasteiger partial charge on any atom is 0.254 e. The molecule has 0 aromatic heterocycles. The Labute approximate surface area is 125 Å². The Hall–Kier alpha value is -2.01. The van der Waals surface area contributed by atoms with Gasteiger partial charge in [-0.1, -0.05) is 29.8 Å². The van der Waals surface area contributed by atoms with Crippen LogP contribution >= 0.6 is 0 Å². The Morgan fingerprint density at radius 2 is 1.90 bits per heavy atom. The van der Waals surface area contributed by atoms with Crippen LogP contribution in [-0.4, -0.2) is 22.4 Å². The Bertz CT molecular complexity index is 659. The molecule has 0 fully saturated rings. The highest BCUT2D eigenvalue weighted by molar-refractivity contribution is 7.85. The van der Waals surface area contributed by atoms with Crippen LogP contribution in [0.5, 0.6) is 0 Å². The van der Waals surface area contributed by atoms with Crippen LogP contribution in [0.2, 0.25) is 0 Å². The largest absolute Gasteiger partial charge is 0.351 e. The van der Waals surface area contributed by atoms with E-state index in [1.54, 1.807) is 25.1 Å². The van der Waals surface area contributed by atoms with E-state index in [2.05, 4.69) is 5.32 Å². The molecule has 0 radical (unpaired) electrons. The van der Waals surface area contributed by atoms with E-state index in [0.29, 0.717) is 10.6 Å². The predicted molar refractivity (Wildman–Crippen MR) is 81.2 cm³/mol. The molecular weight excluding hydrogens is 289 g/mol. The first-order valence-electron chi connectivity index (χ1n) is 6.55. The Balaban J connectivity index is 1.90. The lowest BCUT2D eigenvalue weighted by Crippen LogP contribution is -2.28. The normalized spacial score (nSPS) is 11.9. The van der Waals surface area contributed by atoms with Crippen molar-refractivity contribution in [2.45, 2.75) is 11.8 Å². The van der Waals surface area contributed by atoms with Gasteiger partial charge >= 0.3 is 0 Å². The van der Waals surface area contributed by atoms with Gasteiger partial charge in [-0.25, -0.2) is 4.39 Å². The van der Waals surface area contributed by atoms with Crippen molar-refractivity contribution in [1.29, 1.82) is 0 Å². The van der Waals surface area contributed by atoms with Crippen LogP contribution in [0.1, 0.15) is 15.9 Å². The molecule has 2 rings (SSSR count). The molecule has 0 aliphatic heterocycles. The first-order chi connectivity index (χ1) is 10.1. The van der Waals surface area contributed by atoms with Gasteiger partial charge < -0.3 is 5.32 Å². The van der Waals surface area contributed by atoms with Crippen molar-refractivity contribution in [3.63, 3.8) is 0 Å². The smallest absolute Gasteiger partial charge is 0.254 e. The summed E-state index contributed by atoms with van der Waals surface area (Å²) in [4.78, 5) is 12.6. The number of hydrogen-bond donors (Lipinski definition) is 1. The van der Waals surface area contributed by atoms with Gasteiger partial charge in [0, 0.05) is 17.2 Å². The third kappa shape index (κ3) is 4.23. The molecule has 0 saturated heterocycles. The van der Waals surface area contributed by atoms with Crippen molar-refractivity contribution in [1.82, 2.24) is 5.32 Å². The van der Waals surface area contributed by atoms with E-state index in [0.717, 1.165) is 5.56 Å². The van der Waals surface area contributed by atoms with Gasteiger partial charge in [0.1, 0.15) is 5.82 Å². The Morgan fingerprint density at radius 3 is 2.62 bits per heavy atom. The van der Waals surface area contributed by atoms with E-state index in [1.165, 1.54) is 12.1 Å². The van der Waals surface area contributed by atoms with Gasteiger partial charge in [-0.3, -0.25) is 9.00 Å². The SMILES string of the molecule is Cc1ccc(F)c(C(=O)NCC[S@](=O)c2ccccc2)c1. The van der Waals surface area contributed by atoms with Crippen LogP contribution in [0.15, 0.2) is 53.4 Å². The summed E-state index contributed by atoms with van der Waals surface area (Å²) in [5.74, 6) is -0.744. The molecule has 0 aliphatic carbocycles. The number of aryl methyl sites for hydroxylation is 1. The number of hydrogen-bond acceptors (Lipinski definition) is 2. The first-order valence-corrected chi connectivity index (χ1v) is 7.87. The summed E-state index contributed by atoms with van der Waals surface area (Å²) in [5, 5.41) is 2.60. The van der Waals surface area contributed by atoms with Crippen LogP contribution in [0.3, 0.4) is 0 Å². The molecule has 0 bridgehead atoms. The molecule has 0 heterocycles. The van der Waals surface area contributed by atoms with Crippen LogP contribution in [0.25, 0.3) is 0 Å². The maximum atomic E-state index is 13.6. The molecule has 21 heavy (non-hydrogen) atoms. The molecule has 0 saturated carbocycles. The van der Waals surface area contributed by atoms with Crippen LogP contribution < -0.4 is 5.32 Å². The average Bonchev–Trinajstić information content (AvgIpc) is 2.50. The van der Waals surface area contributed by atoms with Crippen LogP contribution in [0, 0.1) is 12.7 Å². The van der Waals surface area contributed by atoms with Gasteiger partial charge in [-0.05, 0) is 31.2 Å². The Morgan fingerprint density at radius 1 is 1.19 bits per heavy atom. The predicted octanol–water partition coefficient (Wildman–Crippen LogP) is 2.67. The minimum Gasteiger partial charge on any atom is -0.351 e. The molecule has 0 spiro atoms. The summed E-state index contributed by atoms with van der Waals surface area (Å²) in [5.41, 5.74) is 0.829. The summed E-state index contributed by atoms with van der Waals surface area (Å²) in [6.45, 7) is 2.02. The van der Waals surface area contributed by atoms with Crippen molar-refractivity contribution in [2.24, 2.45) is 0 Å². The highest BCUT2D eigenvalue weighted by Crippen LogP contribution is 2.10. The zero-order valence-corrected chi connectivity index (χ0v) is 12.5. The second-order valence-electron chi connectivity index (χ2n) is 4.60. The molecule has 110 valence electrons. The van der Waals surface area contributed by atoms with Crippen LogP contribution in [0.4, 0.5) is 4.39 Å². The first kappa shape index (κ1) is 15.4. The summed E-state index contributed by atoms with van der Waals surface area (Å²) < 4.78 is 25.5. The van der Waals surface area contributed by atoms with Gasteiger partial charge in [0.2, 0.25) is 0 Å². The zero-order chi connectivity index (χ0) is 15.2. The lowest BCUT2D eigenvalue weighted by molar-refractivity contribution is 0.0952. The minimum atomic E-state index is -1.17. The molecule has 5 heteroatoms. The van der Waals surface area contributed by atoms with Crippen LogP contribution in [-0.2, 0) is 10.8 Å². The molecule has 1 amide bonds. The number of carbonyl (C=O) groups excluding carboxylic acids is 1. The third-order valence-corrected chi connectivity index (χ3v) is 4.32. The standard InChI is InChI=1S/C16H16FNO2S/c1-12-7-8-15(17)14(11-12)16(19)18-9-10-21(20)13-5-3-2-4-6-13/h2-8,11H,9-10H2,1H3,(H,18,19)/t21-/m0/s1. The Kier molecular flexibility index (Phi) is 5.22. The molecule has 1 N–H and O–H groups in total. The minimum absolute atomic E-state index is 0.0143. The number of rotatable bonds is 5. The van der Waals surface area contributed by atoms with E-state index in [1.807, 2.05) is 18.2 Å². The van der Waals surface area contributed by atoms with Crippen molar-refractivity contribution in [3.05, 3.63) is 65.5 Å². The molecule has 1 atom stereocenters. The fraction of sp³-hybridized carbons (Fsp3) is 0.188. The molecule has 0 aliphatic rings. The second-order valence-corrected chi connectivity index (χ2v) is 6.17. The topological polar surface area (TPSA) is 46.2 Å². The maximum absolute atomic E-state index is 13.6. The molecule has 0 unspecified atom stereocenters. The van der Waals surface area contributed by atoms with E-state index >= 15 is 0 Å². The molecule has 2 aromatic rings. The highest BCUT2D eigenvalue weighted by atomic mass is 32.2. The number of halogens is 1. The molecule has 3 nitrogen and oxygen atoms in total. The summed E-state index contributed by atoms with van der Waals surface area (Å²) in [6.07, 6.45) is 0. The highest BCUT2D eigenvalue weighted by Gasteiger charge is 2.12. The van der Waals surface area contributed by atoms with Crippen molar-refractivity contribution in [2.75, 3.05) is 12.3 Å². The zero-order valence-electron chi connectivity index (χ0n) is 11.6. The van der Waals surface area contributed by atoms with E-state index < -0.39 is 22.5 Å². The fourth-order valence-electron chi connectivity index (χ4n) is 1.86. The number of nitrogens with one attached hydrogen (secondary N) is 1. The molecular formula is C16H16FNO2S. The number of amides is 1. The third-order valence-electron chi connectivity index (χ3n) is 2.95. The van der Waals surface area contributed by atoms with Gasteiger partial charge in [-0.2, -0.15) is 0 Å². The summed E-state index contributed by atoms with van der Waals surface area (Å²) in [7, 11) is -1.17. The van der Waals surface area contributed by atoms with E-state index in [9.17, 15) is 13.4 Å². The number of carbonyl (C=O) groups is 1. The lowest BCUT2D eigenvalue weighted by atomic mass is 10.1. The second kappa shape index (κ2) is 7.13.